The highest BCUT2D eigenvalue weighted by Gasteiger charge is 2.13. The fourth-order valence-electron chi connectivity index (χ4n) is 2.91. The Morgan fingerprint density at radius 1 is 1.15 bits per heavy atom. The van der Waals surface area contributed by atoms with Crippen LogP contribution in [0.15, 0.2) is 53.1 Å². The number of unbranched alkanes of at least 4 members (excludes halogenated alkanes) is 2. The molecule has 0 saturated carbocycles. The summed E-state index contributed by atoms with van der Waals surface area (Å²) in [6.07, 6.45) is 5.51. The maximum Gasteiger partial charge on any atom is 0.251 e. The van der Waals surface area contributed by atoms with Crippen molar-refractivity contribution in [3.8, 4) is 11.5 Å². The lowest BCUT2D eigenvalue weighted by molar-refractivity contribution is 0.0954. The Morgan fingerprint density at radius 3 is 2.74 bits per heavy atom. The van der Waals surface area contributed by atoms with E-state index >= 15 is 0 Å². The third-order valence-electron chi connectivity index (χ3n) is 4.42. The van der Waals surface area contributed by atoms with E-state index in [1.807, 2.05) is 24.3 Å². The number of rotatable bonds is 9. The van der Waals surface area contributed by atoms with E-state index in [-0.39, 0.29) is 11.7 Å². The van der Waals surface area contributed by atoms with Gasteiger partial charge in [0.15, 0.2) is 11.3 Å². The van der Waals surface area contributed by atoms with E-state index in [1.54, 1.807) is 24.5 Å². The lowest BCUT2D eigenvalue weighted by atomic mass is 10.1. The zero-order valence-corrected chi connectivity index (χ0v) is 15.5. The topological polar surface area (TPSA) is 71.7 Å². The minimum absolute atomic E-state index is 0.143. The fourth-order valence-corrected chi connectivity index (χ4v) is 2.91. The van der Waals surface area contributed by atoms with Crippen LogP contribution in [0, 0.1) is 0 Å². The maximum absolute atomic E-state index is 12.5. The summed E-state index contributed by atoms with van der Waals surface area (Å²) < 4.78 is 11.4. The second kappa shape index (κ2) is 9.12. The standard InChI is InChI=1S/C22H25NO4/c1-2-3-4-12-26-20-15-18(14-17-10-13-27-21(17)20)22(25)23-11-9-16-5-7-19(24)8-6-16/h5-8,10,13-15,24H,2-4,9,11-12H2,1H3,(H,23,25). The molecule has 0 spiro atoms. The van der Waals surface area contributed by atoms with E-state index in [2.05, 4.69) is 12.2 Å². The highest BCUT2D eigenvalue weighted by atomic mass is 16.5. The highest BCUT2D eigenvalue weighted by Crippen LogP contribution is 2.29. The number of aromatic hydroxyl groups is 1. The number of nitrogens with one attached hydrogen (secondary N) is 1. The molecule has 0 aliphatic rings. The number of furan rings is 1. The van der Waals surface area contributed by atoms with Gasteiger partial charge in [-0.1, -0.05) is 31.9 Å². The molecule has 1 amide bonds. The van der Waals surface area contributed by atoms with E-state index in [4.69, 9.17) is 9.15 Å². The molecule has 0 fully saturated rings. The highest BCUT2D eigenvalue weighted by molar-refractivity contribution is 5.99. The predicted octanol–water partition coefficient (Wildman–Crippen LogP) is 4.68. The number of hydrogen-bond donors (Lipinski definition) is 2. The first-order valence-corrected chi connectivity index (χ1v) is 9.37. The Kier molecular flexibility index (Phi) is 6.36. The molecule has 0 aliphatic heterocycles. The molecule has 1 heterocycles. The molecule has 0 saturated heterocycles. The molecule has 0 radical (unpaired) electrons. The molecular weight excluding hydrogens is 342 g/mol. The second-order valence-corrected chi connectivity index (χ2v) is 6.54. The van der Waals surface area contributed by atoms with Crippen LogP contribution in [0.25, 0.3) is 11.0 Å². The Balaban J connectivity index is 1.63. The molecular formula is C22H25NO4. The van der Waals surface area contributed by atoms with E-state index in [0.29, 0.717) is 36.5 Å². The maximum atomic E-state index is 12.5. The molecule has 3 aromatic rings. The number of phenols is 1. The number of ether oxygens (including phenoxy) is 1. The predicted molar refractivity (Wildman–Crippen MR) is 105 cm³/mol. The zero-order valence-electron chi connectivity index (χ0n) is 15.5. The number of hydrogen-bond acceptors (Lipinski definition) is 4. The Morgan fingerprint density at radius 2 is 1.96 bits per heavy atom. The van der Waals surface area contributed by atoms with Crippen LogP contribution >= 0.6 is 0 Å². The van der Waals surface area contributed by atoms with Gasteiger partial charge in [-0.15, -0.1) is 0 Å². The smallest absolute Gasteiger partial charge is 0.251 e. The van der Waals surface area contributed by atoms with Crippen molar-refractivity contribution < 1.29 is 19.1 Å². The van der Waals surface area contributed by atoms with Gasteiger partial charge in [0.2, 0.25) is 0 Å². The van der Waals surface area contributed by atoms with Gasteiger partial charge in [0, 0.05) is 17.5 Å². The van der Waals surface area contributed by atoms with Crippen molar-refractivity contribution in [2.24, 2.45) is 0 Å². The van der Waals surface area contributed by atoms with Crippen LogP contribution in [0.2, 0.25) is 0 Å². The van der Waals surface area contributed by atoms with Gasteiger partial charge in [-0.3, -0.25) is 4.79 Å². The number of fused-ring (bicyclic) bond motifs is 1. The van der Waals surface area contributed by atoms with Crippen LogP contribution in [0.5, 0.6) is 11.5 Å². The van der Waals surface area contributed by atoms with Crippen molar-refractivity contribution in [2.75, 3.05) is 13.2 Å². The van der Waals surface area contributed by atoms with Crippen LogP contribution in [-0.2, 0) is 6.42 Å². The lowest BCUT2D eigenvalue weighted by Gasteiger charge is -2.10. The van der Waals surface area contributed by atoms with E-state index in [9.17, 15) is 9.90 Å². The first kappa shape index (κ1) is 18.8. The van der Waals surface area contributed by atoms with Gasteiger partial charge in [0.25, 0.3) is 5.91 Å². The van der Waals surface area contributed by atoms with Crippen LogP contribution in [0.4, 0.5) is 0 Å². The molecule has 5 heteroatoms. The number of carbonyl (C=O) groups excluding carboxylic acids is 1. The van der Waals surface area contributed by atoms with Crippen molar-refractivity contribution in [1.29, 1.82) is 0 Å². The van der Waals surface area contributed by atoms with E-state index in [0.717, 1.165) is 30.2 Å². The summed E-state index contributed by atoms with van der Waals surface area (Å²) in [5, 5.41) is 13.1. The minimum atomic E-state index is -0.143. The summed E-state index contributed by atoms with van der Waals surface area (Å²) in [5.41, 5.74) is 2.28. The first-order valence-electron chi connectivity index (χ1n) is 9.37. The molecule has 2 aromatic carbocycles. The summed E-state index contributed by atoms with van der Waals surface area (Å²) >= 11 is 0. The SMILES string of the molecule is CCCCCOc1cc(C(=O)NCCc2ccc(O)cc2)cc2ccoc12. The van der Waals surface area contributed by atoms with Gasteiger partial charge >= 0.3 is 0 Å². The summed E-state index contributed by atoms with van der Waals surface area (Å²) in [7, 11) is 0. The van der Waals surface area contributed by atoms with Crippen LogP contribution in [-0.4, -0.2) is 24.2 Å². The van der Waals surface area contributed by atoms with Gasteiger partial charge < -0.3 is 19.6 Å². The normalized spacial score (nSPS) is 10.9. The van der Waals surface area contributed by atoms with Gasteiger partial charge in [0.1, 0.15) is 5.75 Å². The lowest BCUT2D eigenvalue weighted by Crippen LogP contribution is -2.25. The largest absolute Gasteiger partial charge is 0.508 e. The number of phenolic OH excluding ortho intramolecular Hbond substituents is 1. The average Bonchev–Trinajstić information content (AvgIpc) is 3.15. The summed E-state index contributed by atoms with van der Waals surface area (Å²) in [5.74, 6) is 0.704. The van der Waals surface area contributed by atoms with E-state index < -0.39 is 0 Å². The van der Waals surface area contributed by atoms with Crippen molar-refractivity contribution in [3.63, 3.8) is 0 Å². The molecule has 2 N–H and O–H groups in total. The summed E-state index contributed by atoms with van der Waals surface area (Å²) in [6.45, 7) is 3.27. The number of benzene rings is 2. The average molecular weight is 367 g/mol. The van der Waals surface area contributed by atoms with Crippen molar-refractivity contribution in [1.82, 2.24) is 5.32 Å². The first-order chi connectivity index (χ1) is 13.2. The molecule has 0 unspecified atom stereocenters. The van der Waals surface area contributed by atoms with Crippen molar-refractivity contribution >= 4 is 16.9 Å². The van der Waals surface area contributed by atoms with Crippen molar-refractivity contribution in [3.05, 3.63) is 59.9 Å². The van der Waals surface area contributed by atoms with Crippen LogP contribution in [0.3, 0.4) is 0 Å². The number of carbonyl (C=O) groups is 1. The Bertz CT molecular complexity index is 883. The molecule has 0 aliphatic carbocycles. The van der Waals surface area contributed by atoms with E-state index in [1.165, 1.54) is 0 Å². The minimum Gasteiger partial charge on any atom is -0.508 e. The molecule has 142 valence electrons. The van der Waals surface area contributed by atoms with Crippen LogP contribution < -0.4 is 10.1 Å². The number of amides is 1. The monoisotopic (exact) mass is 367 g/mol. The van der Waals surface area contributed by atoms with Crippen LogP contribution in [0.1, 0.15) is 42.1 Å². The van der Waals surface area contributed by atoms with Gasteiger partial charge in [-0.25, -0.2) is 0 Å². The molecule has 3 rings (SSSR count). The zero-order chi connectivity index (χ0) is 19.1. The third kappa shape index (κ3) is 5.03. The van der Waals surface area contributed by atoms with Gasteiger partial charge in [-0.2, -0.15) is 0 Å². The second-order valence-electron chi connectivity index (χ2n) is 6.54. The molecule has 5 nitrogen and oxygen atoms in total. The van der Waals surface area contributed by atoms with Crippen molar-refractivity contribution in [2.45, 2.75) is 32.6 Å². The fraction of sp³-hybridized carbons (Fsp3) is 0.318. The molecule has 0 bridgehead atoms. The molecule has 27 heavy (non-hydrogen) atoms. The third-order valence-corrected chi connectivity index (χ3v) is 4.42. The van der Waals surface area contributed by atoms with Gasteiger partial charge in [-0.05, 0) is 48.7 Å². The Hall–Kier alpha value is -2.95. The van der Waals surface area contributed by atoms with Gasteiger partial charge in [0.05, 0.1) is 12.9 Å². The molecule has 1 aromatic heterocycles. The summed E-state index contributed by atoms with van der Waals surface area (Å²) in [6, 6.07) is 12.4. The molecule has 0 atom stereocenters. The Labute approximate surface area is 159 Å². The quantitative estimate of drug-likeness (QED) is 0.539. The summed E-state index contributed by atoms with van der Waals surface area (Å²) in [4.78, 5) is 12.5.